The van der Waals surface area contributed by atoms with Crippen LogP contribution in [0.15, 0.2) is 36.7 Å². The van der Waals surface area contributed by atoms with Gasteiger partial charge in [0, 0.05) is 17.8 Å². The molecule has 1 atom stereocenters. The number of aryl methyl sites for hydroxylation is 1. The van der Waals surface area contributed by atoms with Gasteiger partial charge in [-0.25, -0.2) is 9.97 Å². The lowest BCUT2D eigenvalue weighted by molar-refractivity contribution is 0.648. The molecule has 2 nitrogen and oxygen atoms in total. The molecule has 0 aliphatic heterocycles. The van der Waals surface area contributed by atoms with Gasteiger partial charge in [-0.05, 0) is 36.8 Å². The van der Waals surface area contributed by atoms with Crippen LogP contribution in [0.2, 0.25) is 0 Å². The zero-order chi connectivity index (χ0) is 13.1. The molecule has 0 spiro atoms. The first-order valence-electron chi connectivity index (χ1n) is 6.85. The van der Waals surface area contributed by atoms with E-state index in [0.29, 0.717) is 0 Å². The maximum atomic E-state index is 6.52. The number of alkyl halides is 1. The quantitative estimate of drug-likeness (QED) is 0.793. The summed E-state index contributed by atoms with van der Waals surface area (Å²) < 4.78 is 0. The van der Waals surface area contributed by atoms with Crippen LogP contribution >= 0.6 is 11.6 Å². The fraction of sp³-hybridized carbons (Fsp3) is 0.375. The van der Waals surface area contributed by atoms with Gasteiger partial charge in [0.2, 0.25) is 0 Å². The molecule has 1 aliphatic carbocycles. The van der Waals surface area contributed by atoms with Crippen LogP contribution < -0.4 is 0 Å². The van der Waals surface area contributed by atoms with Gasteiger partial charge in [0.1, 0.15) is 6.33 Å². The molecular formula is C16H17ClN2. The van der Waals surface area contributed by atoms with Crippen molar-refractivity contribution in [2.45, 2.75) is 37.5 Å². The van der Waals surface area contributed by atoms with Crippen molar-refractivity contribution in [3.05, 3.63) is 59.2 Å². The third kappa shape index (κ3) is 2.79. The molecule has 2 aromatic rings. The molecule has 0 bridgehead atoms. The minimum atomic E-state index is -0.0119. The zero-order valence-corrected chi connectivity index (χ0v) is 11.6. The summed E-state index contributed by atoms with van der Waals surface area (Å²) >= 11 is 6.52. The molecular weight excluding hydrogens is 256 g/mol. The third-order valence-corrected chi connectivity index (χ3v) is 4.15. The third-order valence-electron chi connectivity index (χ3n) is 3.75. The van der Waals surface area contributed by atoms with Gasteiger partial charge in [-0.1, -0.05) is 30.3 Å². The summed E-state index contributed by atoms with van der Waals surface area (Å²) in [6, 6.07) is 10.2. The standard InChI is InChI=1S/C16H17ClN2/c17-14(12-6-2-1-3-7-12)10-16-13-8-4-5-9-15(13)18-11-19-16/h1-3,6-7,11,14H,4-5,8-10H2. The van der Waals surface area contributed by atoms with Crippen LogP contribution in [0.1, 0.15) is 40.7 Å². The fourth-order valence-electron chi connectivity index (χ4n) is 2.71. The highest BCUT2D eigenvalue weighted by Crippen LogP contribution is 2.28. The van der Waals surface area contributed by atoms with Crippen molar-refractivity contribution in [2.24, 2.45) is 0 Å². The van der Waals surface area contributed by atoms with Gasteiger partial charge in [-0.2, -0.15) is 0 Å². The zero-order valence-electron chi connectivity index (χ0n) is 10.8. The predicted molar refractivity (Wildman–Crippen MR) is 77.4 cm³/mol. The van der Waals surface area contributed by atoms with E-state index in [4.69, 9.17) is 11.6 Å². The lowest BCUT2D eigenvalue weighted by atomic mass is 9.92. The largest absolute Gasteiger partial charge is 0.241 e. The van der Waals surface area contributed by atoms with E-state index in [1.807, 2.05) is 18.2 Å². The van der Waals surface area contributed by atoms with Crippen LogP contribution in [0.3, 0.4) is 0 Å². The van der Waals surface area contributed by atoms with E-state index in [-0.39, 0.29) is 5.38 Å². The van der Waals surface area contributed by atoms with Crippen molar-refractivity contribution >= 4 is 11.6 Å². The number of rotatable bonds is 3. The molecule has 1 aromatic carbocycles. The Morgan fingerprint density at radius 2 is 1.84 bits per heavy atom. The first kappa shape index (κ1) is 12.6. The number of aromatic nitrogens is 2. The summed E-state index contributed by atoms with van der Waals surface area (Å²) in [5.41, 5.74) is 4.87. The molecule has 1 unspecified atom stereocenters. The molecule has 0 N–H and O–H groups in total. The summed E-state index contributed by atoms with van der Waals surface area (Å²) in [6.45, 7) is 0. The molecule has 0 radical (unpaired) electrons. The van der Waals surface area contributed by atoms with Gasteiger partial charge in [0.05, 0.1) is 5.38 Å². The molecule has 19 heavy (non-hydrogen) atoms. The van der Waals surface area contributed by atoms with Crippen molar-refractivity contribution in [3.8, 4) is 0 Å². The van der Waals surface area contributed by atoms with E-state index in [0.717, 1.165) is 30.5 Å². The summed E-state index contributed by atoms with van der Waals surface area (Å²) in [4.78, 5) is 8.87. The van der Waals surface area contributed by atoms with E-state index < -0.39 is 0 Å². The van der Waals surface area contributed by atoms with Crippen molar-refractivity contribution in [1.82, 2.24) is 9.97 Å². The molecule has 0 fully saturated rings. The summed E-state index contributed by atoms with van der Waals surface area (Å²) in [6.07, 6.45) is 7.15. The molecule has 1 aliphatic rings. The minimum absolute atomic E-state index is 0.0119. The van der Waals surface area contributed by atoms with Crippen LogP contribution in [-0.2, 0) is 19.3 Å². The Kier molecular flexibility index (Phi) is 3.79. The van der Waals surface area contributed by atoms with Gasteiger partial charge < -0.3 is 0 Å². The Balaban J connectivity index is 1.84. The van der Waals surface area contributed by atoms with E-state index >= 15 is 0 Å². The monoisotopic (exact) mass is 272 g/mol. The van der Waals surface area contributed by atoms with Gasteiger partial charge >= 0.3 is 0 Å². The topological polar surface area (TPSA) is 25.8 Å². The summed E-state index contributed by atoms with van der Waals surface area (Å²) in [5, 5.41) is -0.0119. The maximum Gasteiger partial charge on any atom is 0.115 e. The Morgan fingerprint density at radius 1 is 1.05 bits per heavy atom. The lowest BCUT2D eigenvalue weighted by Gasteiger charge is -2.18. The lowest BCUT2D eigenvalue weighted by Crippen LogP contribution is -2.12. The van der Waals surface area contributed by atoms with Crippen molar-refractivity contribution in [3.63, 3.8) is 0 Å². The molecule has 3 heteroatoms. The first-order valence-corrected chi connectivity index (χ1v) is 7.29. The highest BCUT2D eigenvalue weighted by Gasteiger charge is 2.18. The number of hydrogen-bond donors (Lipinski definition) is 0. The van der Waals surface area contributed by atoms with E-state index in [1.165, 1.54) is 24.1 Å². The van der Waals surface area contributed by atoms with E-state index in [2.05, 4.69) is 22.1 Å². The second-order valence-corrected chi connectivity index (χ2v) is 5.56. The van der Waals surface area contributed by atoms with Crippen LogP contribution in [-0.4, -0.2) is 9.97 Å². The highest BCUT2D eigenvalue weighted by atomic mass is 35.5. The van der Waals surface area contributed by atoms with Crippen LogP contribution in [0.5, 0.6) is 0 Å². The first-order chi connectivity index (χ1) is 9.34. The molecule has 0 saturated heterocycles. The second kappa shape index (κ2) is 5.70. The van der Waals surface area contributed by atoms with E-state index in [9.17, 15) is 0 Å². The predicted octanol–water partition coefficient (Wildman–Crippen LogP) is 3.88. The molecule has 1 aromatic heterocycles. The number of benzene rings is 1. The highest BCUT2D eigenvalue weighted by molar-refractivity contribution is 6.20. The molecule has 3 rings (SSSR count). The van der Waals surface area contributed by atoms with E-state index in [1.54, 1.807) is 6.33 Å². The van der Waals surface area contributed by atoms with Crippen molar-refractivity contribution in [1.29, 1.82) is 0 Å². The summed E-state index contributed by atoms with van der Waals surface area (Å²) in [5.74, 6) is 0. The van der Waals surface area contributed by atoms with Gasteiger partial charge in [0.25, 0.3) is 0 Å². The van der Waals surface area contributed by atoms with Crippen molar-refractivity contribution < 1.29 is 0 Å². The van der Waals surface area contributed by atoms with Crippen LogP contribution in [0.4, 0.5) is 0 Å². The minimum Gasteiger partial charge on any atom is -0.241 e. The number of hydrogen-bond acceptors (Lipinski definition) is 2. The van der Waals surface area contributed by atoms with Crippen molar-refractivity contribution in [2.75, 3.05) is 0 Å². The SMILES string of the molecule is ClC(Cc1ncnc2c1CCCC2)c1ccccc1. The Labute approximate surface area is 118 Å². The maximum absolute atomic E-state index is 6.52. The number of nitrogens with zero attached hydrogens (tertiary/aromatic N) is 2. The summed E-state index contributed by atoms with van der Waals surface area (Å²) in [7, 11) is 0. The van der Waals surface area contributed by atoms with Gasteiger partial charge in [-0.15, -0.1) is 11.6 Å². The average molecular weight is 273 g/mol. The van der Waals surface area contributed by atoms with Gasteiger partial charge in [0.15, 0.2) is 0 Å². The normalized spacial score (nSPS) is 15.8. The Bertz CT molecular complexity index is 554. The number of fused-ring (bicyclic) bond motifs is 1. The van der Waals surface area contributed by atoms with Gasteiger partial charge in [-0.3, -0.25) is 0 Å². The molecule has 1 heterocycles. The molecule has 0 amide bonds. The second-order valence-electron chi connectivity index (χ2n) is 5.04. The Hall–Kier alpha value is -1.41. The molecule has 98 valence electrons. The number of halogens is 1. The molecule has 0 saturated carbocycles. The van der Waals surface area contributed by atoms with Crippen LogP contribution in [0, 0.1) is 0 Å². The fourth-order valence-corrected chi connectivity index (χ4v) is 3.01. The average Bonchev–Trinajstić information content (AvgIpc) is 2.48. The Morgan fingerprint density at radius 3 is 2.68 bits per heavy atom. The smallest absolute Gasteiger partial charge is 0.115 e. The van der Waals surface area contributed by atoms with Crippen LogP contribution in [0.25, 0.3) is 0 Å².